The van der Waals surface area contributed by atoms with Gasteiger partial charge in [-0.05, 0) is 17.7 Å². The zero-order valence-corrected chi connectivity index (χ0v) is 13.1. The summed E-state index contributed by atoms with van der Waals surface area (Å²) in [5.41, 5.74) is 1.35. The van der Waals surface area contributed by atoms with Crippen LogP contribution in [0.5, 0.6) is 5.75 Å². The van der Waals surface area contributed by atoms with Gasteiger partial charge in [0.05, 0.1) is 10.5 Å². The maximum atomic E-state index is 12.9. The Morgan fingerprint density at radius 1 is 0.958 bits per heavy atom. The van der Waals surface area contributed by atoms with Gasteiger partial charge in [-0.3, -0.25) is 4.79 Å². The molecule has 24 heavy (non-hydrogen) atoms. The average molecular weight is 328 g/mol. The lowest BCUT2D eigenvalue weighted by Gasteiger charge is -2.28. The van der Waals surface area contributed by atoms with Gasteiger partial charge < -0.3 is 4.74 Å². The Kier molecular flexibility index (Phi) is 3.23. The van der Waals surface area contributed by atoms with E-state index in [9.17, 15) is 15.3 Å². The molecule has 0 spiro atoms. The SMILES string of the molecule is N#CC(C#N)=C1C2=C(Sc3ccccc3O2)C(=O)c2ccccc21. The van der Waals surface area contributed by atoms with Crippen molar-refractivity contribution in [2.45, 2.75) is 4.90 Å². The van der Waals surface area contributed by atoms with Crippen LogP contribution in [0.1, 0.15) is 15.9 Å². The third kappa shape index (κ3) is 1.96. The van der Waals surface area contributed by atoms with E-state index in [1.165, 1.54) is 11.8 Å². The molecule has 5 heteroatoms. The molecule has 112 valence electrons. The molecule has 1 heterocycles. The molecule has 0 bridgehead atoms. The van der Waals surface area contributed by atoms with E-state index in [4.69, 9.17) is 4.74 Å². The number of fused-ring (bicyclic) bond motifs is 2. The number of nitrogens with zero attached hydrogens (tertiary/aromatic N) is 2. The maximum absolute atomic E-state index is 12.9. The lowest BCUT2D eigenvalue weighted by atomic mass is 9.87. The second-order valence-corrected chi connectivity index (χ2v) is 6.21. The summed E-state index contributed by atoms with van der Waals surface area (Å²) in [7, 11) is 0. The van der Waals surface area contributed by atoms with Crippen molar-refractivity contribution >= 4 is 23.1 Å². The highest BCUT2D eigenvalue weighted by Crippen LogP contribution is 2.49. The highest BCUT2D eigenvalue weighted by atomic mass is 32.2. The normalized spacial score (nSPS) is 14.6. The van der Waals surface area contributed by atoms with Crippen LogP contribution in [0.3, 0.4) is 0 Å². The zero-order chi connectivity index (χ0) is 16.7. The van der Waals surface area contributed by atoms with Crippen LogP contribution in [0.4, 0.5) is 0 Å². The number of hydrogen-bond acceptors (Lipinski definition) is 5. The standard InChI is InChI=1S/C19H8N2O2S/c20-9-11(10-21)16-12-5-1-2-6-13(12)17(22)19-18(16)23-14-7-3-4-8-15(14)24-19/h1-8H. The number of rotatable bonds is 0. The van der Waals surface area contributed by atoms with Gasteiger partial charge in [0.25, 0.3) is 0 Å². The average Bonchev–Trinajstić information content (AvgIpc) is 2.64. The third-order valence-corrected chi connectivity index (χ3v) is 4.96. The van der Waals surface area contributed by atoms with E-state index in [1.807, 2.05) is 30.3 Å². The number of ketones is 1. The highest BCUT2D eigenvalue weighted by Gasteiger charge is 2.36. The first kappa shape index (κ1) is 14.3. The van der Waals surface area contributed by atoms with Gasteiger partial charge in [0.15, 0.2) is 5.76 Å². The lowest BCUT2D eigenvalue weighted by molar-refractivity contribution is 0.103. The van der Waals surface area contributed by atoms with E-state index in [-0.39, 0.29) is 11.4 Å². The van der Waals surface area contributed by atoms with Crippen molar-refractivity contribution in [3.05, 3.63) is 75.9 Å². The van der Waals surface area contributed by atoms with E-state index in [1.54, 1.807) is 30.3 Å². The topological polar surface area (TPSA) is 73.9 Å². The summed E-state index contributed by atoms with van der Waals surface area (Å²) in [6.07, 6.45) is 0. The summed E-state index contributed by atoms with van der Waals surface area (Å²) in [4.78, 5) is 14.1. The Hall–Kier alpha value is -3.28. The third-order valence-electron chi connectivity index (χ3n) is 3.83. The van der Waals surface area contributed by atoms with E-state index >= 15 is 0 Å². The monoisotopic (exact) mass is 328 g/mol. The Bertz CT molecular complexity index is 1040. The van der Waals surface area contributed by atoms with Crippen molar-refractivity contribution in [2.24, 2.45) is 0 Å². The molecule has 2 aromatic rings. The fourth-order valence-electron chi connectivity index (χ4n) is 2.77. The minimum absolute atomic E-state index is 0.0672. The van der Waals surface area contributed by atoms with E-state index in [2.05, 4.69) is 0 Å². The number of hydrogen-bond donors (Lipinski definition) is 0. The van der Waals surface area contributed by atoms with Crippen molar-refractivity contribution in [1.82, 2.24) is 0 Å². The molecule has 0 fully saturated rings. The van der Waals surface area contributed by atoms with Crippen LogP contribution in [0.2, 0.25) is 0 Å². The number of nitriles is 2. The van der Waals surface area contributed by atoms with Crippen LogP contribution in [0, 0.1) is 22.7 Å². The second-order valence-electron chi connectivity index (χ2n) is 5.16. The largest absolute Gasteiger partial charge is 0.454 e. The molecule has 4 rings (SSSR count). The molecule has 1 aliphatic carbocycles. The molecule has 0 atom stereocenters. The maximum Gasteiger partial charge on any atom is 0.204 e. The van der Waals surface area contributed by atoms with E-state index in [0.717, 1.165) is 4.90 Å². The molecule has 0 amide bonds. The van der Waals surface area contributed by atoms with Crippen LogP contribution < -0.4 is 4.74 Å². The minimum atomic E-state index is -0.154. The predicted molar refractivity (Wildman–Crippen MR) is 88.9 cm³/mol. The summed E-state index contributed by atoms with van der Waals surface area (Å²) in [5.74, 6) is 0.751. The van der Waals surface area contributed by atoms with Crippen molar-refractivity contribution in [2.75, 3.05) is 0 Å². The van der Waals surface area contributed by atoms with Crippen LogP contribution in [0.25, 0.3) is 5.57 Å². The number of ether oxygens (including phenoxy) is 1. The van der Waals surface area contributed by atoms with Gasteiger partial charge in [0, 0.05) is 5.56 Å². The van der Waals surface area contributed by atoms with Crippen molar-refractivity contribution in [3.8, 4) is 17.9 Å². The van der Waals surface area contributed by atoms with Crippen LogP contribution in [-0.4, -0.2) is 5.78 Å². The molecule has 4 nitrogen and oxygen atoms in total. The van der Waals surface area contributed by atoms with Crippen LogP contribution in [-0.2, 0) is 0 Å². The number of allylic oxidation sites excluding steroid dienone is 3. The first-order valence-electron chi connectivity index (χ1n) is 7.12. The second kappa shape index (κ2) is 5.42. The predicted octanol–water partition coefficient (Wildman–Crippen LogP) is 4.08. The molecule has 2 aliphatic rings. The number of carbonyl (C=O) groups is 1. The zero-order valence-electron chi connectivity index (χ0n) is 12.2. The van der Waals surface area contributed by atoms with Gasteiger partial charge in [0.2, 0.25) is 5.78 Å². The van der Waals surface area contributed by atoms with E-state index < -0.39 is 0 Å². The molecule has 0 aromatic heterocycles. The molecule has 0 saturated heterocycles. The fraction of sp³-hybridized carbons (Fsp3) is 0. The number of benzene rings is 2. The Balaban J connectivity index is 2.03. The van der Waals surface area contributed by atoms with Gasteiger partial charge in [-0.15, -0.1) is 0 Å². The Labute approximate surface area is 142 Å². The molecule has 0 radical (unpaired) electrons. The molecule has 0 N–H and O–H groups in total. The molecule has 0 unspecified atom stereocenters. The summed E-state index contributed by atoms with van der Waals surface area (Å²) in [6.45, 7) is 0. The summed E-state index contributed by atoms with van der Waals surface area (Å²) in [5, 5.41) is 18.7. The minimum Gasteiger partial charge on any atom is -0.454 e. The molecule has 0 saturated carbocycles. The van der Waals surface area contributed by atoms with Crippen LogP contribution >= 0.6 is 11.8 Å². The quantitative estimate of drug-likeness (QED) is 0.681. The van der Waals surface area contributed by atoms with Gasteiger partial charge in [0.1, 0.15) is 28.4 Å². The van der Waals surface area contributed by atoms with Crippen molar-refractivity contribution in [3.63, 3.8) is 0 Å². The number of para-hydroxylation sites is 1. The number of Topliss-reactive ketones (excluding diaryl/α,β-unsaturated/α-hetero) is 1. The molecule has 2 aromatic carbocycles. The molecular formula is C19H8N2O2S. The highest BCUT2D eigenvalue weighted by molar-refractivity contribution is 8.04. The molecular weight excluding hydrogens is 320 g/mol. The number of carbonyl (C=O) groups excluding carboxylic acids is 1. The van der Waals surface area contributed by atoms with Crippen molar-refractivity contribution < 1.29 is 9.53 Å². The van der Waals surface area contributed by atoms with E-state index in [0.29, 0.717) is 33.1 Å². The lowest BCUT2D eigenvalue weighted by Crippen LogP contribution is -2.20. The first-order chi connectivity index (χ1) is 11.7. The Morgan fingerprint density at radius 3 is 2.38 bits per heavy atom. The van der Waals surface area contributed by atoms with Gasteiger partial charge in [-0.25, -0.2) is 0 Å². The van der Waals surface area contributed by atoms with Crippen LogP contribution in [0.15, 0.2) is 69.7 Å². The van der Waals surface area contributed by atoms with Gasteiger partial charge in [-0.1, -0.05) is 48.2 Å². The summed E-state index contributed by atoms with van der Waals surface area (Å²) >= 11 is 1.31. The Morgan fingerprint density at radius 2 is 1.62 bits per heavy atom. The smallest absolute Gasteiger partial charge is 0.204 e. The summed E-state index contributed by atoms with van der Waals surface area (Å²) in [6, 6.07) is 18.2. The van der Waals surface area contributed by atoms with Crippen molar-refractivity contribution in [1.29, 1.82) is 10.5 Å². The van der Waals surface area contributed by atoms with Gasteiger partial charge >= 0.3 is 0 Å². The van der Waals surface area contributed by atoms with Gasteiger partial charge in [-0.2, -0.15) is 10.5 Å². The number of thioether (sulfide) groups is 1. The fourth-order valence-corrected chi connectivity index (χ4v) is 3.79. The molecule has 1 aliphatic heterocycles. The first-order valence-corrected chi connectivity index (χ1v) is 7.94. The summed E-state index contributed by atoms with van der Waals surface area (Å²) < 4.78 is 5.94.